The number of carbonyl (C=O) groups is 2. The van der Waals surface area contributed by atoms with Crippen molar-refractivity contribution in [2.75, 3.05) is 6.54 Å². The van der Waals surface area contributed by atoms with E-state index in [-0.39, 0.29) is 23.7 Å². The smallest absolute Gasteiger partial charge is 0.408 e. The zero-order valence-corrected chi connectivity index (χ0v) is 14.1. The zero-order chi connectivity index (χ0) is 17.1. The van der Waals surface area contributed by atoms with Gasteiger partial charge in [-0.1, -0.05) is 13.8 Å². The lowest BCUT2D eigenvalue weighted by atomic mass is 10.0. The lowest BCUT2D eigenvalue weighted by Crippen LogP contribution is -2.55. The molecule has 0 spiro atoms. The number of nitrogens with two attached hydrogens (primary N) is 1. The molecule has 0 unspecified atom stereocenters. The van der Waals surface area contributed by atoms with Crippen LogP contribution in [0.5, 0.6) is 0 Å². The highest BCUT2D eigenvalue weighted by atomic mass is 16.6. The van der Waals surface area contributed by atoms with Crippen molar-refractivity contribution >= 4 is 17.8 Å². The number of carbonyl (C=O) groups excluding carboxylic acids is 2. The van der Waals surface area contributed by atoms with Crippen molar-refractivity contribution in [3.05, 3.63) is 0 Å². The first-order valence-electron chi connectivity index (χ1n) is 7.67. The van der Waals surface area contributed by atoms with Gasteiger partial charge in [0.25, 0.3) is 0 Å². The summed E-state index contributed by atoms with van der Waals surface area (Å²) in [5.41, 5.74) is 4.94. The van der Waals surface area contributed by atoms with Gasteiger partial charge in [-0.25, -0.2) is 4.79 Å². The Labute approximate surface area is 132 Å². The lowest BCUT2D eigenvalue weighted by Gasteiger charge is -2.31. The molecule has 1 heterocycles. The van der Waals surface area contributed by atoms with Crippen molar-refractivity contribution in [1.29, 1.82) is 5.41 Å². The highest BCUT2D eigenvalue weighted by Gasteiger charge is 2.37. The van der Waals surface area contributed by atoms with Crippen molar-refractivity contribution < 1.29 is 14.3 Å². The van der Waals surface area contributed by atoms with E-state index in [9.17, 15) is 9.59 Å². The first-order valence-corrected chi connectivity index (χ1v) is 7.67. The van der Waals surface area contributed by atoms with E-state index < -0.39 is 17.7 Å². The van der Waals surface area contributed by atoms with Crippen LogP contribution in [0.15, 0.2) is 0 Å². The van der Waals surface area contributed by atoms with Crippen LogP contribution in [0.4, 0.5) is 4.79 Å². The van der Waals surface area contributed by atoms with Crippen LogP contribution >= 0.6 is 0 Å². The second-order valence-electron chi connectivity index (χ2n) is 7.01. The van der Waals surface area contributed by atoms with Crippen molar-refractivity contribution in [2.24, 2.45) is 11.7 Å². The van der Waals surface area contributed by atoms with Gasteiger partial charge in [0.2, 0.25) is 5.91 Å². The van der Waals surface area contributed by atoms with Gasteiger partial charge in [-0.15, -0.1) is 0 Å². The summed E-state index contributed by atoms with van der Waals surface area (Å²) in [7, 11) is 0. The zero-order valence-electron chi connectivity index (χ0n) is 14.1. The number of ether oxygens (including phenoxy) is 1. The molecule has 126 valence electrons. The summed E-state index contributed by atoms with van der Waals surface area (Å²) in [5, 5.41) is 10.2. The normalized spacial score (nSPS) is 19.9. The second-order valence-corrected chi connectivity index (χ2v) is 7.01. The van der Waals surface area contributed by atoms with Gasteiger partial charge in [0.15, 0.2) is 0 Å². The molecule has 0 bridgehead atoms. The molecule has 0 saturated carbocycles. The summed E-state index contributed by atoms with van der Waals surface area (Å²) >= 11 is 0. The molecule has 0 radical (unpaired) electrons. The molecule has 0 aliphatic carbocycles. The maximum absolute atomic E-state index is 12.7. The Morgan fingerprint density at radius 2 is 1.95 bits per heavy atom. The largest absolute Gasteiger partial charge is 0.444 e. The van der Waals surface area contributed by atoms with Crippen LogP contribution in [-0.2, 0) is 9.53 Å². The van der Waals surface area contributed by atoms with Crippen LogP contribution in [0, 0.1) is 11.3 Å². The van der Waals surface area contributed by atoms with Crippen LogP contribution in [0.25, 0.3) is 0 Å². The third-order valence-electron chi connectivity index (χ3n) is 3.50. The molecule has 1 saturated heterocycles. The first kappa shape index (κ1) is 18.3. The second kappa shape index (κ2) is 6.98. The summed E-state index contributed by atoms with van der Waals surface area (Å²) in [4.78, 5) is 26.2. The van der Waals surface area contributed by atoms with Crippen LogP contribution < -0.4 is 11.1 Å². The van der Waals surface area contributed by atoms with Gasteiger partial charge < -0.3 is 20.7 Å². The molecule has 4 N–H and O–H groups in total. The minimum Gasteiger partial charge on any atom is -0.444 e. The SMILES string of the molecule is CC(C)[C@H](NC(=O)OC(C)(C)C)C(=O)N1CCC[C@H]1C(=N)N. The predicted molar refractivity (Wildman–Crippen MR) is 84.6 cm³/mol. The third kappa shape index (κ3) is 4.89. The maximum atomic E-state index is 12.7. The molecule has 22 heavy (non-hydrogen) atoms. The van der Waals surface area contributed by atoms with Gasteiger partial charge in [0.05, 0.1) is 6.04 Å². The molecule has 1 aliphatic heterocycles. The van der Waals surface area contributed by atoms with Crippen LogP contribution in [-0.4, -0.2) is 47.0 Å². The monoisotopic (exact) mass is 312 g/mol. The van der Waals surface area contributed by atoms with Crippen LogP contribution in [0.1, 0.15) is 47.5 Å². The number of nitrogens with zero attached hydrogens (tertiary/aromatic N) is 1. The van der Waals surface area contributed by atoms with E-state index in [1.807, 2.05) is 13.8 Å². The van der Waals surface area contributed by atoms with Gasteiger partial charge in [-0.3, -0.25) is 10.2 Å². The minimum atomic E-state index is -0.685. The van der Waals surface area contributed by atoms with Crippen molar-refractivity contribution in [3.8, 4) is 0 Å². The van der Waals surface area contributed by atoms with Crippen molar-refractivity contribution in [2.45, 2.75) is 65.1 Å². The van der Waals surface area contributed by atoms with Gasteiger partial charge in [-0.05, 0) is 39.5 Å². The molecule has 0 aromatic carbocycles. The van der Waals surface area contributed by atoms with Gasteiger partial charge in [-0.2, -0.15) is 0 Å². The summed E-state index contributed by atoms with van der Waals surface area (Å²) in [6.07, 6.45) is 0.893. The Morgan fingerprint density at radius 3 is 2.41 bits per heavy atom. The number of amidine groups is 1. The molecule has 1 aliphatic rings. The summed E-state index contributed by atoms with van der Waals surface area (Å²) in [6.45, 7) is 9.58. The summed E-state index contributed by atoms with van der Waals surface area (Å²) < 4.78 is 5.22. The minimum absolute atomic E-state index is 0.00868. The Hall–Kier alpha value is -1.79. The van der Waals surface area contributed by atoms with Gasteiger partial charge in [0.1, 0.15) is 17.5 Å². The van der Waals surface area contributed by atoms with Crippen LogP contribution in [0.2, 0.25) is 0 Å². The average molecular weight is 312 g/mol. The number of likely N-dealkylation sites (tertiary alicyclic amines) is 1. The topological polar surface area (TPSA) is 109 Å². The molecular formula is C15H28N4O3. The highest BCUT2D eigenvalue weighted by Crippen LogP contribution is 2.20. The van der Waals surface area contributed by atoms with Crippen LogP contribution in [0.3, 0.4) is 0 Å². The van der Waals surface area contributed by atoms with Gasteiger partial charge in [0, 0.05) is 6.54 Å². The molecule has 7 nitrogen and oxygen atoms in total. The fraction of sp³-hybridized carbons (Fsp3) is 0.800. The molecule has 2 atom stereocenters. The van der Waals surface area contributed by atoms with Gasteiger partial charge >= 0.3 is 6.09 Å². The number of amides is 2. The maximum Gasteiger partial charge on any atom is 0.408 e. The number of nitrogens with one attached hydrogen (secondary N) is 2. The molecule has 0 aromatic heterocycles. The Morgan fingerprint density at radius 1 is 1.36 bits per heavy atom. The number of hydrogen-bond donors (Lipinski definition) is 3. The lowest BCUT2D eigenvalue weighted by molar-refractivity contribution is -0.134. The first-order chi connectivity index (χ1) is 10.0. The van der Waals surface area contributed by atoms with E-state index in [4.69, 9.17) is 15.9 Å². The third-order valence-corrected chi connectivity index (χ3v) is 3.50. The molecule has 1 rings (SSSR count). The molecule has 0 aromatic rings. The van der Waals surface area contributed by atoms with Crippen molar-refractivity contribution in [3.63, 3.8) is 0 Å². The Bertz CT molecular complexity index is 443. The van der Waals surface area contributed by atoms with E-state index in [1.165, 1.54) is 0 Å². The molecule has 7 heteroatoms. The molecule has 2 amide bonds. The number of hydrogen-bond acceptors (Lipinski definition) is 4. The Balaban J connectivity index is 2.80. The van der Waals surface area contributed by atoms with E-state index in [0.717, 1.165) is 6.42 Å². The average Bonchev–Trinajstić information content (AvgIpc) is 2.81. The fourth-order valence-corrected chi connectivity index (χ4v) is 2.48. The number of rotatable bonds is 4. The van der Waals surface area contributed by atoms with E-state index in [2.05, 4.69) is 5.32 Å². The quantitative estimate of drug-likeness (QED) is 0.539. The Kier molecular flexibility index (Phi) is 5.79. The fourth-order valence-electron chi connectivity index (χ4n) is 2.48. The standard InChI is InChI=1S/C15H28N4O3/c1-9(2)11(18-14(21)22-15(3,4)5)13(20)19-8-6-7-10(19)12(16)17/h9-11H,6-8H2,1-5H3,(H3,16,17)(H,18,21)/t10-,11-/m0/s1. The molecular weight excluding hydrogens is 284 g/mol. The predicted octanol–water partition coefficient (Wildman–Crippen LogP) is 1.46. The summed E-state index contributed by atoms with van der Waals surface area (Å²) in [6, 6.07) is -1.05. The highest BCUT2D eigenvalue weighted by molar-refractivity contribution is 5.92. The molecule has 1 fully saturated rings. The van der Waals surface area contributed by atoms with E-state index in [0.29, 0.717) is 13.0 Å². The summed E-state index contributed by atoms with van der Waals surface area (Å²) in [5.74, 6) is -0.308. The van der Waals surface area contributed by atoms with E-state index >= 15 is 0 Å². The van der Waals surface area contributed by atoms with Crippen molar-refractivity contribution in [1.82, 2.24) is 10.2 Å². The van der Waals surface area contributed by atoms with E-state index in [1.54, 1.807) is 25.7 Å². The number of alkyl carbamates (subject to hydrolysis) is 1.